The quantitative estimate of drug-likeness (QED) is 0.786. The standard InChI is InChI=1S/C16H28N2O3/c1-13(18-9-5-6-10-18)12-17-14(19)11-16(15(20)21)7-3-2-4-8-16/h13H,2-12H2,1H3,(H,17,19)(H,20,21). The van der Waals surface area contributed by atoms with E-state index in [4.69, 9.17) is 0 Å². The lowest BCUT2D eigenvalue weighted by Gasteiger charge is -2.32. The summed E-state index contributed by atoms with van der Waals surface area (Å²) in [5, 5.41) is 12.4. The Morgan fingerprint density at radius 3 is 2.33 bits per heavy atom. The van der Waals surface area contributed by atoms with E-state index in [2.05, 4.69) is 17.1 Å². The van der Waals surface area contributed by atoms with Crippen molar-refractivity contribution in [2.75, 3.05) is 19.6 Å². The van der Waals surface area contributed by atoms with Crippen molar-refractivity contribution in [1.29, 1.82) is 0 Å². The number of carbonyl (C=O) groups excluding carboxylic acids is 1. The van der Waals surface area contributed by atoms with Gasteiger partial charge in [0.05, 0.1) is 5.41 Å². The van der Waals surface area contributed by atoms with Crippen LogP contribution in [0.25, 0.3) is 0 Å². The van der Waals surface area contributed by atoms with Crippen LogP contribution in [-0.4, -0.2) is 47.6 Å². The topological polar surface area (TPSA) is 69.6 Å². The number of nitrogens with zero attached hydrogens (tertiary/aromatic N) is 1. The van der Waals surface area contributed by atoms with Gasteiger partial charge in [0.1, 0.15) is 0 Å². The molecular formula is C16H28N2O3. The average molecular weight is 296 g/mol. The number of amides is 1. The molecule has 2 rings (SSSR count). The summed E-state index contributed by atoms with van der Waals surface area (Å²) in [5.74, 6) is -0.907. The molecule has 0 radical (unpaired) electrons. The van der Waals surface area contributed by atoms with E-state index >= 15 is 0 Å². The zero-order chi connectivity index (χ0) is 15.3. The molecule has 1 aliphatic heterocycles. The van der Waals surface area contributed by atoms with Crippen LogP contribution in [0.3, 0.4) is 0 Å². The monoisotopic (exact) mass is 296 g/mol. The molecule has 120 valence electrons. The molecule has 1 saturated carbocycles. The smallest absolute Gasteiger partial charge is 0.310 e. The van der Waals surface area contributed by atoms with Gasteiger partial charge in [-0.05, 0) is 45.7 Å². The van der Waals surface area contributed by atoms with Crippen molar-refractivity contribution >= 4 is 11.9 Å². The molecule has 2 aliphatic rings. The lowest BCUT2D eigenvalue weighted by Crippen LogP contribution is -2.44. The highest BCUT2D eigenvalue weighted by molar-refractivity contribution is 5.85. The number of nitrogens with one attached hydrogen (secondary N) is 1. The molecule has 0 aromatic heterocycles. The maximum absolute atomic E-state index is 12.1. The van der Waals surface area contributed by atoms with Crippen LogP contribution in [0.2, 0.25) is 0 Å². The minimum atomic E-state index is -0.820. The number of carbonyl (C=O) groups is 2. The molecule has 1 atom stereocenters. The third-order valence-electron chi connectivity index (χ3n) is 5.12. The number of rotatable bonds is 6. The van der Waals surface area contributed by atoms with Crippen molar-refractivity contribution in [1.82, 2.24) is 10.2 Å². The Morgan fingerprint density at radius 1 is 1.14 bits per heavy atom. The summed E-state index contributed by atoms with van der Waals surface area (Å²) in [6.07, 6.45) is 6.81. The van der Waals surface area contributed by atoms with Gasteiger partial charge in [-0.3, -0.25) is 14.5 Å². The first-order valence-corrected chi connectivity index (χ1v) is 8.28. The van der Waals surface area contributed by atoms with Crippen molar-refractivity contribution in [3.63, 3.8) is 0 Å². The van der Waals surface area contributed by atoms with Gasteiger partial charge in [-0.1, -0.05) is 19.3 Å². The fourth-order valence-corrected chi connectivity index (χ4v) is 3.64. The van der Waals surface area contributed by atoms with Gasteiger partial charge in [0.15, 0.2) is 0 Å². The molecule has 5 nitrogen and oxygen atoms in total. The maximum atomic E-state index is 12.1. The molecule has 1 unspecified atom stereocenters. The van der Waals surface area contributed by atoms with Crippen molar-refractivity contribution in [2.24, 2.45) is 5.41 Å². The summed E-state index contributed by atoms with van der Waals surface area (Å²) in [6.45, 7) is 4.96. The Balaban J connectivity index is 1.80. The Bertz CT molecular complexity index is 372. The van der Waals surface area contributed by atoms with E-state index in [1.54, 1.807) is 0 Å². The number of carboxylic acids is 1. The summed E-state index contributed by atoms with van der Waals surface area (Å²) in [6, 6.07) is 0.337. The molecule has 1 amide bonds. The summed E-state index contributed by atoms with van der Waals surface area (Å²) in [7, 11) is 0. The molecule has 1 saturated heterocycles. The summed E-state index contributed by atoms with van der Waals surface area (Å²) in [4.78, 5) is 26.1. The molecule has 0 aromatic rings. The molecule has 1 aliphatic carbocycles. The van der Waals surface area contributed by atoms with Gasteiger partial charge < -0.3 is 10.4 Å². The first-order valence-electron chi connectivity index (χ1n) is 8.28. The fourth-order valence-electron chi connectivity index (χ4n) is 3.64. The lowest BCUT2D eigenvalue weighted by atomic mass is 9.71. The van der Waals surface area contributed by atoms with Crippen molar-refractivity contribution in [3.8, 4) is 0 Å². The molecular weight excluding hydrogens is 268 g/mol. The Kier molecular flexibility index (Phi) is 5.62. The van der Waals surface area contributed by atoms with Crippen molar-refractivity contribution < 1.29 is 14.7 Å². The summed E-state index contributed by atoms with van der Waals surface area (Å²) < 4.78 is 0. The van der Waals surface area contributed by atoms with E-state index < -0.39 is 11.4 Å². The van der Waals surface area contributed by atoms with E-state index in [1.807, 2.05) is 0 Å². The number of likely N-dealkylation sites (tertiary alicyclic amines) is 1. The van der Waals surface area contributed by atoms with Gasteiger partial charge in [0.2, 0.25) is 5.91 Å². The molecule has 5 heteroatoms. The minimum absolute atomic E-state index is 0.106. The Hall–Kier alpha value is -1.10. The Morgan fingerprint density at radius 2 is 1.76 bits per heavy atom. The van der Waals surface area contributed by atoms with E-state index in [1.165, 1.54) is 12.8 Å². The van der Waals surface area contributed by atoms with Crippen LogP contribution >= 0.6 is 0 Å². The predicted octanol–water partition coefficient (Wildman–Crippen LogP) is 2.01. The van der Waals surface area contributed by atoms with Crippen molar-refractivity contribution in [2.45, 2.75) is 64.3 Å². The second-order valence-electron chi connectivity index (χ2n) is 6.72. The lowest BCUT2D eigenvalue weighted by molar-refractivity contribution is -0.154. The first-order chi connectivity index (χ1) is 10.0. The van der Waals surface area contributed by atoms with Crippen LogP contribution in [0, 0.1) is 5.41 Å². The Labute approximate surface area is 127 Å². The minimum Gasteiger partial charge on any atom is -0.481 e. The van der Waals surface area contributed by atoms with Gasteiger partial charge in [0, 0.05) is 19.0 Å². The van der Waals surface area contributed by atoms with E-state index in [-0.39, 0.29) is 12.3 Å². The van der Waals surface area contributed by atoms with Gasteiger partial charge in [-0.25, -0.2) is 0 Å². The van der Waals surface area contributed by atoms with Crippen LogP contribution < -0.4 is 5.32 Å². The van der Waals surface area contributed by atoms with E-state index in [9.17, 15) is 14.7 Å². The van der Waals surface area contributed by atoms with E-state index in [0.29, 0.717) is 25.4 Å². The average Bonchev–Trinajstić information content (AvgIpc) is 3.00. The van der Waals surface area contributed by atoms with E-state index in [0.717, 1.165) is 32.4 Å². The zero-order valence-corrected chi connectivity index (χ0v) is 13.1. The SMILES string of the molecule is CC(CNC(=O)CC1(C(=O)O)CCCCC1)N1CCCC1. The zero-order valence-electron chi connectivity index (χ0n) is 13.1. The first kappa shape index (κ1) is 16.3. The molecule has 1 heterocycles. The predicted molar refractivity (Wildman–Crippen MR) is 81.0 cm³/mol. The number of carboxylic acid groups (broad SMARTS) is 1. The molecule has 21 heavy (non-hydrogen) atoms. The normalized spacial score (nSPS) is 23.7. The fraction of sp³-hybridized carbons (Fsp3) is 0.875. The van der Waals surface area contributed by atoms with Crippen molar-refractivity contribution in [3.05, 3.63) is 0 Å². The van der Waals surface area contributed by atoms with Crippen LogP contribution in [0.5, 0.6) is 0 Å². The maximum Gasteiger partial charge on any atom is 0.310 e. The van der Waals surface area contributed by atoms with Gasteiger partial charge >= 0.3 is 5.97 Å². The second kappa shape index (κ2) is 7.25. The number of hydrogen-bond donors (Lipinski definition) is 2. The summed E-state index contributed by atoms with van der Waals surface area (Å²) in [5.41, 5.74) is -0.820. The molecule has 0 aromatic carbocycles. The third kappa shape index (κ3) is 4.19. The third-order valence-corrected chi connectivity index (χ3v) is 5.12. The van der Waals surface area contributed by atoms with Gasteiger partial charge in [0.25, 0.3) is 0 Å². The largest absolute Gasteiger partial charge is 0.481 e. The highest BCUT2D eigenvalue weighted by Crippen LogP contribution is 2.39. The van der Waals surface area contributed by atoms with Crippen LogP contribution in [0.4, 0.5) is 0 Å². The molecule has 2 N–H and O–H groups in total. The van der Waals surface area contributed by atoms with Gasteiger partial charge in [-0.15, -0.1) is 0 Å². The van der Waals surface area contributed by atoms with Crippen LogP contribution in [-0.2, 0) is 9.59 Å². The van der Waals surface area contributed by atoms with Crippen LogP contribution in [0.15, 0.2) is 0 Å². The van der Waals surface area contributed by atoms with Gasteiger partial charge in [-0.2, -0.15) is 0 Å². The number of aliphatic carboxylic acids is 1. The second-order valence-corrected chi connectivity index (χ2v) is 6.72. The summed E-state index contributed by atoms with van der Waals surface area (Å²) >= 11 is 0. The molecule has 0 spiro atoms. The molecule has 0 bridgehead atoms. The number of hydrogen-bond acceptors (Lipinski definition) is 3. The molecule has 2 fully saturated rings. The highest BCUT2D eigenvalue weighted by atomic mass is 16.4. The van der Waals surface area contributed by atoms with Crippen LogP contribution in [0.1, 0.15) is 58.3 Å². The highest BCUT2D eigenvalue weighted by Gasteiger charge is 2.41.